The van der Waals surface area contributed by atoms with Crippen molar-refractivity contribution in [1.82, 2.24) is 15.1 Å². The van der Waals surface area contributed by atoms with Crippen LogP contribution in [0.3, 0.4) is 0 Å². The van der Waals surface area contributed by atoms with Crippen molar-refractivity contribution >= 4 is 15.7 Å². The van der Waals surface area contributed by atoms with E-state index in [1.807, 2.05) is 13.1 Å². The number of hydrogen-bond acceptors (Lipinski definition) is 4. The third-order valence-corrected chi connectivity index (χ3v) is 4.39. The van der Waals surface area contributed by atoms with Crippen LogP contribution in [0.2, 0.25) is 0 Å². The number of rotatable bonds is 6. The molecule has 124 valence electrons. The topological polar surface area (TPSA) is 81.1 Å². The zero-order chi connectivity index (χ0) is 17.0. The van der Waals surface area contributed by atoms with E-state index < -0.39 is 21.6 Å². The van der Waals surface area contributed by atoms with Crippen molar-refractivity contribution in [3.8, 4) is 0 Å². The second-order valence-corrected chi connectivity index (χ2v) is 7.47. The van der Waals surface area contributed by atoms with Gasteiger partial charge in [-0.05, 0) is 30.2 Å². The molecule has 0 radical (unpaired) electrons. The smallest absolute Gasteiger partial charge is 0.254 e. The first-order valence-electron chi connectivity index (χ1n) is 7.02. The molecule has 1 atom stereocenters. The van der Waals surface area contributed by atoms with E-state index in [9.17, 15) is 17.6 Å². The molecule has 0 unspecified atom stereocenters. The quantitative estimate of drug-likeness (QED) is 0.809. The highest BCUT2D eigenvalue weighted by molar-refractivity contribution is 7.90. The summed E-state index contributed by atoms with van der Waals surface area (Å²) >= 11 is 0. The Bertz CT molecular complexity index is 788. The molecule has 1 aromatic heterocycles. The van der Waals surface area contributed by atoms with Crippen LogP contribution in [-0.4, -0.2) is 36.9 Å². The summed E-state index contributed by atoms with van der Waals surface area (Å²) in [7, 11) is -3.50. The summed E-state index contributed by atoms with van der Waals surface area (Å²) in [6.45, 7) is 2.85. The molecule has 0 aliphatic heterocycles. The number of carbonyl (C=O) groups is 1. The molecule has 0 aliphatic carbocycles. The highest BCUT2D eigenvalue weighted by atomic mass is 32.2. The van der Waals surface area contributed by atoms with Crippen LogP contribution in [0.15, 0.2) is 41.6 Å². The van der Waals surface area contributed by atoms with Crippen LogP contribution in [0.5, 0.6) is 0 Å². The largest absolute Gasteiger partial charge is 0.352 e. The number of hydrogen-bond donors (Lipinski definition) is 1. The van der Waals surface area contributed by atoms with E-state index in [2.05, 4.69) is 10.4 Å². The Morgan fingerprint density at radius 1 is 1.43 bits per heavy atom. The third-order valence-electron chi connectivity index (χ3n) is 3.28. The van der Waals surface area contributed by atoms with Gasteiger partial charge in [0, 0.05) is 31.7 Å². The minimum atomic E-state index is -3.50. The van der Waals surface area contributed by atoms with Gasteiger partial charge in [-0.15, -0.1) is 0 Å². The summed E-state index contributed by atoms with van der Waals surface area (Å²) in [4.78, 5) is 12.0. The normalized spacial score (nSPS) is 12.8. The van der Waals surface area contributed by atoms with Crippen molar-refractivity contribution in [3.63, 3.8) is 0 Å². The maximum absolute atomic E-state index is 13.8. The Balaban J connectivity index is 2.03. The van der Waals surface area contributed by atoms with Crippen molar-refractivity contribution < 1.29 is 17.6 Å². The molecule has 1 heterocycles. The standard InChI is InChI=1S/C15H18FN3O3S/c1-11(10-19-7-3-6-18-19)9-17-15(20)13-8-12(23(2,21)22)4-5-14(13)16/h3-8,11H,9-10H2,1-2H3,(H,17,20)/t11-/m1/s1. The fourth-order valence-electron chi connectivity index (χ4n) is 2.06. The number of benzene rings is 1. The fraction of sp³-hybridized carbons (Fsp3) is 0.333. The third kappa shape index (κ3) is 4.62. The van der Waals surface area contributed by atoms with Gasteiger partial charge in [0.15, 0.2) is 9.84 Å². The van der Waals surface area contributed by atoms with Gasteiger partial charge < -0.3 is 5.32 Å². The van der Waals surface area contributed by atoms with E-state index in [-0.39, 0.29) is 16.4 Å². The van der Waals surface area contributed by atoms with Crippen molar-refractivity contribution in [3.05, 3.63) is 48.0 Å². The van der Waals surface area contributed by atoms with Gasteiger partial charge in [-0.2, -0.15) is 5.10 Å². The lowest BCUT2D eigenvalue weighted by atomic mass is 10.1. The van der Waals surface area contributed by atoms with Gasteiger partial charge in [-0.1, -0.05) is 6.92 Å². The minimum Gasteiger partial charge on any atom is -0.352 e. The van der Waals surface area contributed by atoms with Gasteiger partial charge in [0.05, 0.1) is 10.5 Å². The van der Waals surface area contributed by atoms with Gasteiger partial charge in [-0.3, -0.25) is 9.48 Å². The Hall–Kier alpha value is -2.22. The minimum absolute atomic E-state index is 0.0833. The van der Waals surface area contributed by atoms with E-state index in [4.69, 9.17) is 0 Å². The predicted molar refractivity (Wildman–Crippen MR) is 83.2 cm³/mol. The molecule has 0 bridgehead atoms. The number of halogens is 1. The fourth-order valence-corrected chi connectivity index (χ4v) is 2.71. The van der Waals surface area contributed by atoms with Gasteiger partial charge in [-0.25, -0.2) is 12.8 Å². The lowest BCUT2D eigenvalue weighted by Gasteiger charge is -2.13. The Morgan fingerprint density at radius 2 is 2.17 bits per heavy atom. The van der Waals surface area contributed by atoms with E-state index >= 15 is 0 Å². The molecule has 2 aromatic rings. The van der Waals surface area contributed by atoms with Gasteiger partial charge in [0.25, 0.3) is 5.91 Å². The molecular formula is C15H18FN3O3S. The Kier molecular flexibility index (Phi) is 5.15. The number of nitrogens with one attached hydrogen (secondary N) is 1. The molecule has 0 aliphatic rings. The molecule has 2 rings (SSSR count). The molecule has 1 aromatic carbocycles. The molecular weight excluding hydrogens is 321 g/mol. The van der Waals surface area contributed by atoms with Gasteiger partial charge in [0.2, 0.25) is 0 Å². The average Bonchev–Trinajstić information content (AvgIpc) is 2.97. The van der Waals surface area contributed by atoms with Crippen LogP contribution in [0.1, 0.15) is 17.3 Å². The van der Waals surface area contributed by atoms with Crippen LogP contribution in [0, 0.1) is 11.7 Å². The molecule has 1 N–H and O–H groups in total. The van der Waals surface area contributed by atoms with E-state index in [0.717, 1.165) is 24.5 Å². The van der Waals surface area contributed by atoms with E-state index in [0.29, 0.717) is 13.1 Å². The number of amides is 1. The van der Waals surface area contributed by atoms with E-state index in [1.54, 1.807) is 16.9 Å². The summed E-state index contributed by atoms with van der Waals surface area (Å²) in [5, 5.41) is 6.69. The van der Waals surface area contributed by atoms with Crippen LogP contribution < -0.4 is 5.32 Å². The lowest BCUT2D eigenvalue weighted by Crippen LogP contribution is -2.30. The highest BCUT2D eigenvalue weighted by Gasteiger charge is 2.17. The maximum atomic E-state index is 13.8. The van der Waals surface area contributed by atoms with Crippen molar-refractivity contribution in [2.45, 2.75) is 18.4 Å². The number of sulfone groups is 1. The molecule has 0 fully saturated rings. The van der Waals surface area contributed by atoms with Crippen LogP contribution in [0.25, 0.3) is 0 Å². The lowest BCUT2D eigenvalue weighted by molar-refractivity contribution is 0.0942. The maximum Gasteiger partial charge on any atom is 0.254 e. The first-order valence-corrected chi connectivity index (χ1v) is 8.91. The summed E-state index contributed by atoms with van der Waals surface area (Å²) in [6, 6.07) is 4.98. The highest BCUT2D eigenvalue weighted by Crippen LogP contribution is 2.15. The van der Waals surface area contributed by atoms with Crippen LogP contribution >= 0.6 is 0 Å². The van der Waals surface area contributed by atoms with Crippen molar-refractivity contribution in [2.75, 3.05) is 12.8 Å². The van der Waals surface area contributed by atoms with Crippen LogP contribution in [0.4, 0.5) is 4.39 Å². The first-order chi connectivity index (χ1) is 10.8. The molecule has 1 amide bonds. The summed E-state index contributed by atoms with van der Waals surface area (Å²) in [5.41, 5.74) is -0.279. The molecule has 6 nitrogen and oxygen atoms in total. The first kappa shape index (κ1) is 17.1. The number of nitrogens with zero attached hydrogens (tertiary/aromatic N) is 2. The molecule has 23 heavy (non-hydrogen) atoms. The summed E-state index contributed by atoms with van der Waals surface area (Å²) in [6.07, 6.45) is 4.49. The molecule has 0 saturated carbocycles. The number of aromatic nitrogens is 2. The summed E-state index contributed by atoms with van der Waals surface area (Å²) in [5.74, 6) is -1.31. The average molecular weight is 339 g/mol. The van der Waals surface area contributed by atoms with Gasteiger partial charge >= 0.3 is 0 Å². The van der Waals surface area contributed by atoms with Gasteiger partial charge in [0.1, 0.15) is 5.82 Å². The predicted octanol–water partition coefficient (Wildman–Crippen LogP) is 1.49. The summed E-state index contributed by atoms with van der Waals surface area (Å²) < 4.78 is 38.5. The van der Waals surface area contributed by atoms with Crippen LogP contribution in [-0.2, 0) is 16.4 Å². The van der Waals surface area contributed by atoms with Crippen molar-refractivity contribution in [1.29, 1.82) is 0 Å². The zero-order valence-electron chi connectivity index (χ0n) is 12.9. The second-order valence-electron chi connectivity index (χ2n) is 5.46. The molecule has 8 heteroatoms. The van der Waals surface area contributed by atoms with E-state index in [1.165, 1.54) is 0 Å². The zero-order valence-corrected chi connectivity index (χ0v) is 13.7. The Labute approximate surface area is 134 Å². The number of carbonyl (C=O) groups excluding carboxylic acids is 1. The van der Waals surface area contributed by atoms with Crippen molar-refractivity contribution in [2.24, 2.45) is 5.92 Å². The molecule has 0 saturated heterocycles. The molecule has 0 spiro atoms. The second kappa shape index (κ2) is 6.91. The SMILES string of the molecule is C[C@H](CNC(=O)c1cc(S(C)(=O)=O)ccc1F)Cn1cccn1. The Morgan fingerprint density at radius 3 is 2.78 bits per heavy atom. The monoisotopic (exact) mass is 339 g/mol.